The topological polar surface area (TPSA) is 23.9 Å². The molecule has 1 aromatic heterocycles. The molecule has 14 aromatic carbocycles. The summed E-state index contributed by atoms with van der Waals surface area (Å²) in [5, 5.41) is 2.45. The largest absolute Gasteiger partial charge is 0.458 e. The van der Waals surface area contributed by atoms with Crippen LogP contribution in [0.4, 0.5) is 51.2 Å². The molecule has 5 heterocycles. The minimum atomic E-state index is -0.606. The summed E-state index contributed by atoms with van der Waals surface area (Å²) in [4.78, 5) is 7.96. The van der Waals surface area contributed by atoms with Gasteiger partial charge in [0.15, 0.2) is 0 Å². The number of fused-ring (bicyclic) bond motifs is 21. The number of para-hydroxylation sites is 4. The number of hydrogen-bond donors (Lipinski definition) is 0. The zero-order valence-electron chi connectivity index (χ0n) is 70.4. The van der Waals surface area contributed by atoms with E-state index < -0.39 is 5.41 Å². The van der Waals surface area contributed by atoms with Gasteiger partial charge in [0.25, 0.3) is 13.4 Å². The molecule has 0 saturated carbocycles. The fourth-order valence-corrected chi connectivity index (χ4v) is 20.7. The van der Waals surface area contributed by atoms with Crippen LogP contribution in [0.25, 0.3) is 60.9 Å². The Morgan fingerprint density at radius 2 is 0.621 bits per heavy atom. The molecular formula is C109H100B2N4O. The lowest BCUT2D eigenvalue weighted by Gasteiger charge is -2.46. The first-order valence-electron chi connectivity index (χ1n) is 42.0. The Hall–Kier alpha value is -11.8. The average molecular weight is 1500 g/mol. The van der Waals surface area contributed by atoms with Crippen molar-refractivity contribution in [2.75, 3.05) is 14.7 Å². The average Bonchev–Trinajstić information content (AvgIpc) is 1.69. The Bertz CT molecular complexity index is 6530. The fourth-order valence-electron chi connectivity index (χ4n) is 20.7. The van der Waals surface area contributed by atoms with E-state index in [1.807, 2.05) is 0 Å². The summed E-state index contributed by atoms with van der Waals surface area (Å²) in [5.74, 6) is 1.72. The first-order chi connectivity index (χ1) is 55.3. The van der Waals surface area contributed by atoms with Gasteiger partial charge in [-0.05, 0) is 239 Å². The monoisotopic (exact) mass is 1500 g/mol. The standard InChI is InChI=1S/C109H100B2N4O/c1-103(2,3)66-52-67(104(4,5)6)56-72(55-66)113-93-49-32-28-45-87(93)111-89-63-88-94(64-98(89)116-99-51-65(50-95(113)102(99)111)76-39-33-40-82-79-36-21-26-43-85(79)109(100(76)82)83-41-24-19-34-77(83)78-35-20-25-42-84(78)109)115(74-59-70(107(13,14)15)54-71(60-74)108(16,17)18)97-62-75(112-90-46-29-22-37-80(90)81-38-23-30-47-91(81)112)61-96-101(97)110(88)86-44-27-31-48-92(86)114(96)73-57-68(105(7,8)9)53-69(58-73)106(10,11)12/h19-64H,1-18H3. The lowest BCUT2D eigenvalue weighted by Crippen LogP contribution is -2.64. The van der Waals surface area contributed by atoms with Crippen LogP contribution in [-0.4, -0.2) is 18.0 Å². The van der Waals surface area contributed by atoms with Crippen LogP contribution in [0.1, 0.15) is 180 Å². The van der Waals surface area contributed by atoms with Gasteiger partial charge in [0.1, 0.15) is 11.5 Å². The summed E-state index contributed by atoms with van der Waals surface area (Å²) in [6, 6.07) is 109. The van der Waals surface area contributed by atoms with Crippen molar-refractivity contribution in [3.05, 3.63) is 335 Å². The molecule has 0 bridgehead atoms. The van der Waals surface area contributed by atoms with E-state index in [0.29, 0.717) is 0 Å². The van der Waals surface area contributed by atoms with Crippen molar-refractivity contribution in [3.8, 4) is 50.6 Å². The number of aromatic nitrogens is 1. The minimum absolute atomic E-state index is 0.148. The molecule has 568 valence electrons. The number of benzene rings is 14. The Morgan fingerprint density at radius 3 is 1.07 bits per heavy atom. The molecular weight excluding hydrogens is 1400 g/mol. The summed E-state index contributed by atoms with van der Waals surface area (Å²) >= 11 is 0. The van der Waals surface area contributed by atoms with Gasteiger partial charge in [-0.2, -0.15) is 0 Å². The molecule has 1 spiro atoms. The highest BCUT2D eigenvalue weighted by atomic mass is 16.5. The first-order valence-corrected chi connectivity index (χ1v) is 42.0. The molecule has 15 aromatic rings. The smallest absolute Gasteiger partial charge is 0.256 e. The van der Waals surface area contributed by atoms with E-state index in [0.717, 1.165) is 73.7 Å². The Balaban J connectivity index is 0.883. The van der Waals surface area contributed by atoms with Crippen LogP contribution in [0.2, 0.25) is 0 Å². The second-order valence-electron chi connectivity index (χ2n) is 40.1. The quantitative estimate of drug-likeness (QED) is 0.160. The highest BCUT2D eigenvalue weighted by Gasteiger charge is 2.54. The zero-order chi connectivity index (χ0) is 80.1. The van der Waals surface area contributed by atoms with Crippen LogP contribution >= 0.6 is 0 Å². The maximum atomic E-state index is 8.29. The van der Waals surface area contributed by atoms with Gasteiger partial charge in [-0.25, -0.2) is 0 Å². The predicted molar refractivity (Wildman–Crippen MR) is 495 cm³/mol. The number of nitrogens with zero attached hydrogens (tertiary/aromatic N) is 4. The van der Waals surface area contributed by atoms with E-state index in [9.17, 15) is 0 Å². The van der Waals surface area contributed by atoms with Crippen molar-refractivity contribution in [2.24, 2.45) is 0 Å². The number of anilines is 9. The Labute approximate surface area is 686 Å². The maximum Gasteiger partial charge on any atom is 0.256 e. The van der Waals surface area contributed by atoms with Crippen LogP contribution in [-0.2, 0) is 37.9 Å². The Morgan fingerprint density at radius 1 is 0.259 bits per heavy atom. The third-order valence-electron chi connectivity index (χ3n) is 26.6. The molecule has 7 heteroatoms. The molecule has 0 atom stereocenters. The molecule has 0 N–H and O–H groups in total. The predicted octanol–water partition coefficient (Wildman–Crippen LogP) is 25.1. The molecule has 21 rings (SSSR count). The Kier molecular flexibility index (Phi) is 15.3. The van der Waals surface area contributed by atoms with Gasteiger partial charge >= 0.3 is 0 Å². The van der Waals surface area contributed by atoms with Crippen molar-refractivity contribution in [3.63, 3.8) is 0 Å². The summed E-state index contributed by atoms with van der Waals surface area (Å²) in [6.45, 7) is 42.2. The highest BCUT2D eigenvalue weighted by Crippen LogP contribution is 2.65. The summed E-state index contributed by atoms with van der Waals surface area (Å²) < 4.78 is 10.8. The molecule has 0 radical (unpaired) electrons. The van der Waals surface area contributed by atoms with E-state index in [2.05, 4.69) is 423 Å². The van der Waals surface area contributed by atoms with Crippen molar-refractivity contribution in [1.29, 1.82) is 0 Å². The van der Waals surface area contributed by atoms with Crippen molar-refractivity contribution < 1.29 is 4.74 Å². The summed E-state index contributed by atoms with van der Waals surface area (Å²) in [6.07, 6.45) is 0. The molecule has 4 aliphatic heterocycles. The molecule has 5 nitrogen and oxygen atoms in total. The highest BCUT2D eigenvalue weighted by molar-refractivity contribution is 7.02. The molecule has 0 saturated heterocycles. The summed E-state index contributed by atoms with van der Waals surface area (Å²) in [7, 11) is 0. The van der Waals surface area contributed by atoms with E-state index >= 15 is 0 Å². The van der Waals surface area contributed by atoms with Crippen LogP contribution < -0.4 is 52.2 Å². The second kappa shape index (κ2) is 24.6. The normalized spacial score (nSPS) is 14.7. The molecule has 0 unspecified atom stereocenters. The van der Waals surface area contributed by atoms with Crippen LogP contribution in [0.3, 0.4) is 0 Å². The van der Waals surface area contributed by atoms with Crippen LogP contribution in [0.5, 0.6) is 11.5 Å². The third-order valence-corrected chi connectivity index (χ3v) is 26.6. The van der Waals surface area contributed by atoms with Gasteiger partial charge < -0.3 is 24.0 Å². The van der Waals surface area contributed by atoms with E-state index in [-0.39, 0.29) is 45.9 Å². The van der Waals surface area contributed by atoms with Crippen molar-refractivity contribution in [1.82, 2.24) is 4.57 Å². The first kappa shape index (κ1) is 72.0. The zero-order valence-corrected chi connectivity index (χ0v) is 70.4. The summed E-state index contributed by atoms with van der Waals surface area (Å²) in [5.41, 5.74) is 39.9. The van der Waals surface area contributed by atoms with E-state index in [1.54, 1.807) is 0 Å². The van der Waals surface area contributed by atoms with Crippen LogP contribution in [0, 0.1) is 0 Å². The fraction of sp³-hybridized carbons (Fsp3) is 0.229. The van der Waals surface area contributed by atoms with Crippen molar-refractivity contribution >= 4 is 119 Å². The molecule has 2 aliphatic carbocycles. The third kappa shape index (κ3) is 10.5. The van der Waals surface area contributed by atoms with E-state index in [4.69, 9.17) is 4.74 Å². The van der Waals surface area contributed by atoms with Gasteiger partial charge in [0.05, 0.1) is 22.1 Å². The SMILES string of the molecule is CC(C)(C)c1cc(N2c3ccccc3B3c4cc5c(cc4Oc4cc(-c6cccc7c6C6(c8ccccc8-c8ccccc86)c6ccccc6-7)cc2c43)N(c2cc(C(C)(C)C)cc(C(C)(C)C)c2)c2cc(-n3c4ccccc4c4ccccc43)cc3c2B5c2ccccc2N3c2cc(C(C)(C)C)cc(C(C)(C)C)c2)cc(C(C)(C)C)c1. The number of ether oxygens (including phenoxy) is 1. The molecule has 0 amide bonds. The van der Waals surface area contributed by atoms with Gasteiger partial charge in [-0.1, -0.05) is 313 Å². The maximum absolute atomic E-state index is 8.29. The minimum Gasteiger partial charge on any atom is -0.458 e. The van der Waals surface area contributed by atoms with E-state index in [1.165, 1.54) is 138 Å². The van der Waals surface area contributed by atoms with Crippen LogP contribution in [0.15, 0.2) is 279 Å². The molecule has 0 fully saturated rings. The van der Waals surface area contributed by atoms with Gasteiger partial charge in [-0.15, -0.1) is 0 Å². The van der Waals surface area contributed by atoms with Crippen molar-refractivity contribution in [2.45, 2.75) is 163 Å². The number of rotatable bonds is 5. The molecule has 116 heavy (non-hydrogen) atoms. The number of hydrogen-bond acceptors (Lipinski definition) is 4. The molecule has 6 aliphatic rings. The van der Waals surface area contributed by atoms with Gasteiger partial charge in [0, 0.05) is 68.0 Å². The van der Waals surface area contributed by atoms with Gasteiger partial charge in [0.2, 0.25) is 0 Å². The lowest BCUT2D eigenvalue weighted by atomic mass is 9.30. The van der Waals surface area contributed by atoms with Gasteiger partial charge in [-0.3, -0.25) is 0 Å². The lowest BCUT2D eigenvalue weighted by molar-refractivity contribution is 0.488. The second-order valence-corrected chi connectivity index (χ2v) is 40.1.